The van der Waals surface area contributed by atoms with Crippen LogP contribution in [0.1, 0.15) is 36.1 Å². The Morgan fingerprint density at radius 3 is 2.48 bits per heavy atom. The molecule has 6 nitrogen and oxygen atoms in total. The molecule has 1 fully saturated rings. The summed E-state index contributed by atoms with van der Waals surface area (Å²) in [6.45, 7) is 4.31. The molecular formula is C23H25NO5. The van der Waals surface area contributed by atoms with Crippen molar-refractivity contribution >= 4 is 17.4 Å². The first kappa shape index (κ1) is 20.5. The molecule has 1 unspecified atom stereocenters. The van der Waals surface area contributed by atoms with E-state index in [1.165, 1.54) is 19.1 Å². The summed E-state index contributed by atoms with van der Waals surface area (Å²) >= 11 is 0. The van der Waals surface area contributed by atoms with Crippen LogP contribution in [0.2, 0.25) is 0 Å². The Labute approximate surface area is 170 Å². The van der Waals surface area contributed by atoms with Crippen molar-refractivity contribution in [3.8, 4) is 11.5 Å². The third-order valence-electron chi connectivity index (χ3n) is 5.03. The van der Waals surface area contributed by atoms with Gasteiger partial charge in [0.15, 0.2) is 0 Å². The molecule has 3 rings (SSSR count). The van der Waals surface area contributed by atoms with Crippen LogP contribution in [0.4, 0.5) is 0 Å². The SMILES string of the molecule is CCCN1C(=O)C(=O)/C(=C(\O)c2ccc(OC)cc2OC)C1c1cccc(C)c1. The van der Waals surface area contributed by atoms with Crippen molar-refractivity contribution in [3.05, 3.63) is 64.7 Å². The molecule has 6 heteroatoms. The van der Waals surface area contributed by atoms with Gasteiger partial charge in [0.05, 0.1) is 31.4 Å². The molecule has 1 aliphatic heterocycles. The minimum Gasteiger partial charge on any atom is -0.507 e. The van der Waals surface area contributed by atoms with Crippen LogP contribution < -0.4 is 9.47 Å². The number of hydrogen-bond acceptors (Lipinski definition) is 5. The molecule has 152 valence electrons. The average Bonchev–Trinajstić information content (AvgIpc) is 2.98. The van der Waals surface area contributed by atoms with Crippen molar-refractivity contribution in [2.75, 3.05) is 20.8 Å². The molecule has 0 radical (unpaired) electrons. The number of Topliss-reactive ketones (excluding diaryl/α,β-unsaturated/α-hetero) is 1. The van der Waals surface area contributed by atoms with Crippen molar-refractivity contribution in [1.29, 1.82) is 0 Å². The fraction of sp³-hybridized carbons (Fsp3) is 0.304. The van der Waals surface area contributed by atoms with E-state index in [4.69, 9.17) is 9.47 Å². The van der Waals surface area contributed by atoms with Crippen molar-refractivity contribution in [2.45, 2.75) is 26.3 Å². The van der Waals surface area contributed by atoms with E-state index in [-0.39, 0.29) is 11.3 Å². The topological polar surface area (TPSA) is 76.1 Å². The van der Waals surface area contributed by atoms with Gasteiger partial charge >= 0.3 is 0 Å². The average molecular weight is 395 g/mol. The summed E-state index contributed by atoms with van der Waals surface area (Å²) in [5.74, 6) is -0.646. The second-order valence-corrected chi connectivity index (χ2v) is 6.97. The first-order chi connectivity index (χ1) is 13.9. The van der Waals surface area contributed by atoms with Gasteiger partial charge in [-0.2, -0.15) is 0 Å². The zero-order valence-corrected chi connectivity index (χ0v) is 17.1. The second kappa shape index (κ2) is 8.39. The molecule has 1 heterocycles. The van der Waals surface area contributed by atoms with Crippen LogP contribution in [-0.4, -0.2) is 42.5 Å². The number of methoxy groups -OCH3 is 2. The summed E-state index contributed by atoms with van der Waals surface area (Å²) in [6.07, 6.45) is 0.696. The van der Waals surface area contributed by atoms with Gasteiger partial charge in [0, 0.05) is 12.6 Å². The van der Waals surface area contributed by atoms with Gasteiger partial charge in [0.2, 0.25) is 0 Å². The molecule has 2 aromatic carbocycles. The molecule has 1 atom stereocenters. The number of carbonyl (C=O) groups is 2. The largest absolute Gasteiger partial charge is 0.507 e. The van der Waals surface area contributed by atoms with Crippen LogP contribution in [0.5, 0.6) is 11.5 Å². The maximum atomic E-state index is 12.9. The van der Waals surface area contributed by atoms with E-state index in [1.807, 2.05) is 38.1 Å². The van der Waals surface area contributed by atoms with E-state index >= 15 is 0 Å². The van der Waals surface area contributed by atoms with Crippen LogP contribution in [0.25, 0.3) is 5.76 Å². The van der Waals surface area contributed by atoms with Crippen LogP contribution in [-0.2, 0) is 9.59 Å². The molecule has 1 aliphatic rings. The Balaban J connectivity index is 2.23. The van der Waals surface area contributed by atoms with E-state index < -0.39 is 17.7 Å². The highest BCUT2D eigenvalue weighted by atomic mass is 16.5. The molecule has 1 amide bonds. The lowest BCUT2D eigenvalue weighted by Gasteiger charge is -2.25. The first-order valence-electron chi connectivity index (χ1n) is 9.50. The van der Waals surface area contributed by atoms with Gasteiger partial charge in [-0.05, 0) is 31.0 Å². The number of ketones is 1. The smallest absolute Gasteiger partial charge is 0.295 e. The predicted octanol–water partition coefficient (Wildman–Crippen LogP) is 3.84. The summed E-state index contributed by atoms with van der Waals surface area (Å²) < 4.78 is 10.6. The van der Waals surface area contributed by atoms with Crippen molar-refractivity contribution < 1.29 is 24.2 Å². The number of rotatable bonds is 6. The third-order valence-corrected chi connectivity index (χ3v) is 5.03. The molecule has 0 bridgehead atoms. The second-order valence-electron chi connectivity index (χ2n) is 6.97. The molecule has 29 heavy (non-hydrogen) atoms. The van der Waals surface area contributed by atoms with E-state index in [0.717, 1.165) is 11.1 Å². The Morgan fingerprint density at radius 2 is 1.86 bits per heavy atom. The van der Waals surface area contributed by atoms with Crippen LogP contribution in [0, 0.1) is 6.92 Å². The maximum absolute atomic E-state index is 12.9. The Bertz CT molecular complexity index is 979. The Hall–Kier alpha value is -3.28. The zero-order valence-electron chi connectivity index (χ0n) is 17.1. The molecule has 1 N–H and O–H groups in total. The number of benzene rings is 2. The van der Waals surface area contributed by atoms with Crippen LogP contribution in [0.15, 0.2) is 48.0 Å². The number of aliphatic hydroxyl groups is 1. The normalized spacial score (nSPS) is 18.2. The zero-order chi connectivity index (χ0) is 21.1. The van der Waals surface area contributed by atoms with Crippen LogP contribution in [0.3, 0.4) is 0 Å². The summed E-state index contributed by atoms with van der Waals surface area (Å²) in [5.41, 5.74) is 2.19. The number of likely N-dealkylation sites (tertiary alicyclic amines) is 1. The van der Waals surface area contributed by atoms with Gasteiger partial charge in [0.25, 0.3) is 11.7 Å². The highest BCUT2D eigenvalue weighted by molar-refractivity contribution is 6.46. The molecule has 0 aliphatic carbocycles. The van der Waals surface area contributed by atoms with Gasteiger partial charge in [0.1, 0.15) is 17.3 Å². The van der Waals surface area contributed by atoms with Gasteiger partial charge in [-0.1, -0.05) is 36.8 Å². The molecular weight excluding hydrogens is 370 g/mol. The number of ether oxygens (including phenoxy) is 2. The van der Waals surface area contributed by atoms with Gasteiger partial charge in [-0.3, -0.25) is 9.59 Å². The Morgan fingerprint density at radius 1 is 1.10 bits per heavy atom. The van der Waals surface area contributed by atoms with Gasteiger partial charge in [-0.25, -0.2) is 0 Å². The lowest BCUT2D eigenvalue weighted by atomic mass is 9.94. The van der Waals surface area contributed by atoms with Crippen molar-refractivity contribution in [2.24, 2.45) is 0 Å². The van der Waals surface area contributed by atoms with E-state index in [1.54, 1.807) is 18.2 Å². The monoisotopic (exact) mass is 395 g/mol. The predicted molar refractivity (Wildman–Crippen MR) is 110 cm³/mol. The summed E-state index contributed by atoms with van der Waals surface area (Å²) in [7, 11) is 3.00. The summed E-state index contributed by atoms with van der Waals surface area (Å²) in [4.78, 5) is 27.2. The number of hydrogen-bond donors (Lipinski definition) is 1. The summed E-state index contributed by atoms with van der Waals surface area (Å²) in [5, 5.41) is 11.1. The number of carbonyl (C=O) groups excluding carboxylic acids is 2. The number of aliphatic hydroxyl groups excluding tert-OH is 1. The fourth-order valence-corrected chi connectivity index (χ4v) is 3.68. The van der Waals surface area contributed by atoms with Crippen LogP contribution >= 0.6 is 0 Å². The lowest BCUT2D eigenvalue weighted by molar-refractivity contribution is -0.139. The minimum atomic E-state index is -0.694. The summed E-state index contributed by atoms with van der Waals surface area (Å²) in [6, 6.07) is 11.9. The number of amides is 1. The lowest BCUT2D eigenvalue weighted by Crippen LogP contribution is -2.30. The Kier molecular flexibility index (Phi) is 5.92. The molecule has 1 saturated heterocycles. The molecule has 0 aromatic heterocycles. The standard InChI is InChI=1S/C23H25NO5/c1-5-11-24-20(15-8-6-7-14(2)12-15)19(22(26)23(24)27)21(25)17-10-9-16(28-3)13-18(17)29-4/h6-10,12-13,20,25H,5,11H2,1-4H3/b21-19-. The fourth-order valence-electron chi connectivity index (χ4n) is 3.68. The molecule has 2 aromatic rings. The maximum Gasteiger partial charge on any atom is 0.295 e. The van der Waals surface area contributed by atoms with Crippen molar-refractivity contribution in [3.63, 3.8) is 0 Å². The highest BCUT2D eigenvalue weighted by Gasteiger charge is 2.45. The van der Waals surface area contributed by atoms with Crippen molar-refractivity contribution in [1.82, 2.24) is 4.90 Å². The van der Waals surface area contributed by atoms with E-state index in [2.05, 4.69) is 0 Å². The quantitative estimate of drug-likeness (QED) is 0.457. The highest BCUT2D eigenvalue weighted by Crippen LogP contribution is 2.41. The van der Waals surface area contributed by atoms with E-state index in [0.29, 0.717) is 30.0 Å². The molecule has 0 saturated carbocycles. The van der Waals surface area contributed by atoms with E-state index in [9.17, 15) is 14.7 Å². The number of aryl methyl sites for hydroxylation is 1. The third kappa shape index (κ3) is 3.70. The van der Waals surface area contributed by atoms with Gasteiger partial charge < -0.3 is 19.5 Å². The molecule has 0 spiro atoms. The first-order valence-corrected chi connectivity index (χ1v) is 9.50. The van der Waals surface area contributed by atoms with Gasteiger partial charge in [-0.15, -0.1) is 0 Å². The number of nitrogens with zero attached hydrogens (tertiary/aromatic N) is 1. The minimum absolute atomic E-state index is 0.0671.